The van der Waals surface area contributed by atoms with Gasteiger partial charge in [-0.3, -0.25) is 9.59 Å². The predicted molar refractivity (Wildman–Crippen MR) is 73.4 cm³/mol. The van der Waals surface area contributed by atoms with Crippen molar-refractivity contribution in [2.24, 2.45) is 11.7 Å². The molecule has 1 saturated carbocycles. The van der Waals surface area contributed by atoms with Gasteiger partial charge < -0.3 is 15.8 Å². The Balaban J connectivity index is 2.39. The van der Waals surface area contributed by atoms with E-state index in [1.807, 2.05) is 0 Å². The molecule has 0 radical (unpaired) electrons. The van der Waals surface area contributed by atoms with Crippen molar-refractivity contribution >= 4 is 11.9 Å². The highest BCUT2D eigenvalue weighted by Crippen LogP contribution is 2.25. The van der Waals surface area contributed by atoms with E-state index >= 15 is 0 Å². The molecule has 1 amide bonds. The van der Waals surface area contributed by atoms with Gasteiger partial charge in [-0.1, -0.05) is 26.2 Å². The highest BCUT2D eigenvalue weighted by Gasteiger charge is 2.35. The molecule has 1 unspecified atom stereocenters. The van der Waals surface area contributed by atoms with E-state index in [1.54, 1.807) is 20.8 Å². The van der Waals surface area contributed by atoms with Crippen LogP contribution in [0.5, 0.6) is 0 Å². The molecule has 0 spiro atoms. The second-order valence-corrected chi connectivity index (χ2v) is 5.81. The number of ether oxygens (including phenoxy) is 1. The van der Waals surface area contributed by atoms with Crippen molar-refractivity contribution in [3.8, 4) is 0 Å². The topological polar surface area (TPSA) is 81.4 Å². The van der Waals surface area contributed by atoms with Crippen LogP contribution in [0.25, 0.3) is 0 Å². The van der Waals surface area contributed by atoms with Gasteiger partial charge in [0.25, 0.3) is 0 Å². The van der Waals surface area contributed by atoms with Crippen molar-refractivity contribution in [2.45, 2.75) is 64.5 Å². The first-order valence-corrected chi connectivity index (χ1v) is 7.13. The van der Waals surface area contributed by atoms with Gasteiger partial charge in [0.2, 0.25) is 5.91 Å². The summed E-state index contributed by atoms with van der Waals surface area (Å²) in [6, 6.07) is 0. The molecule has 1 aliphatic carbocycles. The van der Waals surface area contributed by atoms with E-state index in [-0.39, 0.29) is 30.4 Å². The summed E-state index contributed by atoms with van der Waals surface area (Å²) < 4.78 is 5.09. The zero-order valence-electron chi connectivity index (χ0n) is 12.2. The molecule has 5 nitrogen and oxygen atoms in total. The van der Waals surface area contributed by atoms with Crippen molar-refractivity contribution in [3.63, 3.8) is 0 Å². The fraction of sp³-hybridized carbons (Fsp3) is 0.857. The Kier molecular flexibility index (Phi) is 5.79. The number of carbonyl (C=O) groups is 2. The molecular weight excluding hydrogens is 244 g/mol. The highest BCUT2D eigenvalue weighted by atomic mass is 16.5. The summed E-state index contributed by atoms with van der Waals surface area (Å²) >= 11 is 0. The minimum absolute atomic E-state index is 0.134. The molecule has 0 bridgehead atoms. The van der Waals surface area contributed by atoms with Crippen LogP contribution in [0.4, 0.5) is 0 Å². The van der Waals surface area contributed by atoms with Gasteiger partial charge >= 0.3 is 5.97 Å². The molecule has 0 heterocycles. The van der Waals surface area contributed by atoms with Gasteiger partial charge in [0.1, 0.15) is 0 Å². The van der Waals surface area contributed by atoms with Crippen LogP contribution in [0.3, 0.4) is 0 Å². The first-order chi connectivity index (χ1) is 8.85. The van der Waals surface area contributed by atoms with E-state index in [4.69, 9.17) is 10.5 Å². The zero-order chi connectivity index (χ0) is 14.5. The number of rotatable bonds is 5. The van der Waals surface area contributed by atoms with Gasteiger partial charge in [-0.2, -0.15) is 0 Å². The van der Waals surface area contributed by atoms with Crippen LogP contribution < -0.4 is 11.1 Å². The smallest absolute Gasteiger partial charge is 0.310 e. The zero-order valence-corrected chi connectivity index (χ0v) is 12.2. The van der Waals surface area contributed by atoms with Crippen LogP contribution in [0.1, 0.15) is 52.9 Å². The third kappa shape index (κ3) is 4.82. The Morgan fingerprint density at radius 3 is 2.32 bits per heavy atom. The number of amides is 1. The molecule has 5 heteroatoms. The Morgan fingerprint density at radius 2 is 1.79 bits per heavy atom. The molecule has 0 aromatic rings. The molecule has 1 rings (SSSR count). The van der Waals surface area contributed by atoms with E-state index in [0.29, 0.717) is 0 Å². The van der Waals surface area contributed by atoms with Gasteiger partial charge in [0, 0.05) is 6.54 Å². The molecule has 110 valence electrons. The van der Waals surface area contributed by atoms with Crippen molar-refractivity contribution in [2.75, 3.05) is 6.54 Å². The van der Waals surface area contributed by atoms with Gasteiger partial charge in [-0.05, 0) is 26.7 Å². The standard InChI is InChI=1S/C14H26N2O3/c1-10(2)19-12(17)11(3)9-16-13(18)14(15)7-5-4-6-8-14/h10-11H,4-9,15H2,1-3H3,(H,16,18). The molecule has 3 N–H and O–H groups in total. The second kappa shape index (κ2) is 6.89. The summed E-state index contributed by atoms with van der Waals surface area (Å²) in [5.74, 6) is -0.778. The third-order valence-corrected chi connectivity index (χ3v) is 3.52. The van der Waals surface area contributed by atoms with Gasteiger partial charge in [0.05, 0.1) is 17.6 Å². The second-order valence-electron chi connectivity index (χ2n) is 5.81. The van der Waals surface area contributed by atoms with Crippen LogP contribution >= 0.6 is 0 Å². The molecule has 1 fully saturated rings. The van der Waals surface area contributed by atoms with Crippen LogP contribution in [-0.4, -0.2) is 30.1 Å². The maximum atomic E-state index is 12.1. The largest absolute Gasteiger partial charge is 0.463 e. The van der Waals surface area contributed by atoms with Crippen LogP contribution in [0.15, 0.2) is 0 Å². The van der Waals surface area contributed by atoms with E-state index in [1.165, 1.54) is 0 Å². The quantitative estimate of drug-likeness (QED) is 0.739. The molecule has 1 aliphatic rings. The Labute approximate surface area is 115 Å². The molecule has 0 aromatic carbocycles. The summed E-state index contributed by atoms with van der Waals surface area (Å²) in [7, 11) is 0. The summed E-state index contributed by atoms with van der Waals surface area (Å²) in [5, 5.41) is 2.78. The van der Waals surface area contributed by atoms with E-state index in [9.17, 15) is 9.59 Å². The van der Waals surface area contributed by atoms with E-state index in [2.05, 4.69) is 5.32 Å². The molecular formula is C14H26N2O3. The predicted octanol–water partition coefficient (Wildman–Crippen LogP) is 1.35. The van der Waals surface area contributed by atoms with E-state index in [0.717, 1.165) is 32.1 Å². The van der Waals surface area contributed by atoms with E-state index < -0.39 is 5.54 Å². The Morgan fingerprint density at radius 1 is 1.21 bits per heavy atom. The molecule has 0 aromatic heterocycles. The molecule has 19 heavy (non-hydrogen) atoms. The van der Waals surface area contributed by atoms with Gasteiger partial charge in [-0.25, -0.2) is 0 Å². The van der Waals surface area contributed by atoms with Crippen LogP contribution in [-0.2, 0) is 14.3 Å². The summed E-state index contributed by atoms with van der Waals surface area (Å²) in [6.45, 7) is 5.64. The lowest BCUT2D eigenvalue weighted by Gasteiger charge is -2.32. The summed E-state index contributed by atoms with van der Waals surface area (Å²) in [5.41, 5.74) is 5.37. The van der Waals surface area contributed by atoms with Crippen molar-refractivity contribution < 1.29 is 14.3 Å². The maximum Gasteiger partial charge on any atom is 0.310 e. The average molecular weight is 270 g/mol. The lowest BCUT2D eigenvalue weighted by Crippen LogP contribution is -2.55. The minimum Gasteiger partial charge on any atom is -0.463 e. The first-order valence-electron chi connectivity index (χ1n) is 7.13. The third-order valence-electron chi connectivity index (χ3n) is 3.52. The molecule has 1 atom stereocenters. The Bertz CT molecular complexity index is 323. The SMILES string of the molecule is CC(C)OC(=O)C(C)CNC(=O)C1(N)CCCCC1. The number of hydrogen-bond acceptors (Lipinski definition) is 4. The lowest BCUT2D eigenvalue weighted by molar-refractivity contribution is -0.151. The normalized spacial score (nSPS) is 19.8. The monoisotopic (exact) mass is 270 g/mol. The van der Waals surface area contributed by atoms with Crippen molar-refractivity contribution in [3.05, 3.63) is 0 Å². The maximum absolute atomic E-state index is 12.1. The van der Waals surface area contributed by atoms with Crippen molar-refractivity contribution in [1.82, 2.24) is 5.32 Å². The lowest BCUT2D eigenvalue weighted by atomic mass is 9.82. The minimum atomic E-state index is -0.750. The average Bonchev–Trinajstić information content (AvgIpc) is 2.35. The summed E-state index contributed by atoms with van der Waals surface area (Å²) in [4.78, 5) is 23.7. The molecule has 0 saturated heterocycles. The fourth-order valence-corrected chi connectivity index (χ4v) is 2.26. The Hall–Kier alpha value is -1.10. The fourth-order valence-electron chi connectivity index (χ4n) is 2.26. The van der Waals surface area contributed by atoms with Gasteiger partial charge in [-0.15, -0.1) is 0 Å². The first kappa shape index (κ1) is 16.0. The van der Waals surface area contributed by atoms with Crippen molar-refractivity contribution in [1.29, 1.82) is 0 Å². The van der Waals surface area contributed by atoms with Crippen LogP contribution in [0, 0.1) is 5.92 Å². The summed E-state index contributed by atoms with van der Waals surface area (Å²) in [6.07, 6.45) is 4.45. The number of hydrogen-bond donors (Lipinski definition) is 2. The number of nitrogens with one attached hydrogen (secondary N) is 1. The van der Waals surface area contributed by atoms with Gasteiger partial charge in [0.15, 0.2) is 0 Å². The molecule has 0 aliphatic heterocycles. The number of carbonyl (C=O) groups excluding carboxylic acids is 2. The number of esters is 1. The van der Waals surface area contributed by atoms with Crippen LogP contribution in [0.2, 0.25) is 0 Å². The number of nitrogens with two attached hydrogens (primary N) is 1. The highest BCUT2D eigenvalue weighted by molar-refractivity contribution is 5.86.